The molecule has 1 aliphatic heterocycles. The smallest absolute Gasteiger partial charge is 0.313 e. The van der Waals surface area contributed by atoms with Crippen LogP contribution in [0.3, 0.4) is 0 Å². The SMILES string of the molecule is COc1cccc2c1[P@](=O)(C(C)(C)C)[C@@H](C(C)(C)C(=O)O)O2. The fraction of sp³-hybridized carbons (Fsp3) is 0.562. The number of fused-ring (bicyclic) bond motifs is 1. The number of carboxylic acids is 1. The van der Waals surface area contributed by atoms with Crippen molar-refractivity contribution in [1.29, 1.82) is 0 Å². The maximum absolute atomic E-state index is 14.1. The molecule has 0 fully saturated rings. The van der Waals surface area contributed by atoms with Gasteiger partial charge in [-0.2, -0.15) is 0 Å². The number of carboxylic acid groups (broad SMARTS) is 1. The van der Waals surface area contributed by atoms with Gasteiger partial charge in [0.15, 0.2) is 13.0 Å². The van der Waals surface area contributed by atoms with Gasteiger partial charge in [0.25, 0.3) is 0 Å². The molecule has 0 saturated heterocycles. The molecule has 1 aromatic rings. The molecule has 2 rings (SSSR count). The molecule has 122 valence electrons. The molecule has 0 aromatic heterocycles. The molecule has 0 amide bonds. The van der Waals surface area contributed by atoms with Crippen LogP contribution in [0, 0.1) is 5.41 Å². The Hall–Kier alpha value is -1.48. The van der Waals surface area contributed by atoms with Gasteiger partial charge in [0.1, 0.15) is 16.9 Å². The molecule has 1 heterocycles. The lowest BCUT2D eigenvalue weighted by atomic mass is 9.95. The van der Waals surface area contributed by atoms with E-state index in [4.69, 9.17) is 9.47 Å². The van der Waals surface area contributed by atoms with Crippen LogP contribution in [0.1, 0.15) is 34.6 Å². The summed E-state index contributed by atoms with van der Waals surface area (Å²) in [4.78, 5) is 11.7. The van der Waals surface area contributed by atoms with Crippen molar-refractivity contribution in [2.45, 2.75) is 45.6 Å². The zero-order chi connectivity index (χ0) is 16.9. The third-order valence-corrected chi connectivity index (χ3v) is 8.76. The molecule has 1 aliphatic rings. The molecule has 1 N–H and O–H groups in total. The molecule has 0 aliphatic carbocycles. The fourth-order valence-corrected chi connectivity index (χ4v) is 6.63. The number of benzene rings is 1. The molecule has 2 atom stereocenters. The Morgan fingerprint density at radius 1 is 1.27 bits per heavy atom. The topological polar surface area (TPSA) is 72.8 Å². The average molecular weight is 326 g/mol. The summed E-state index contributed by atoms with van der Waals surface area (Å²) in [6.45, 7) is 8.66. The Morgan fingerprint density at radius 2 is 1.86 bits per heavy atom. The second kappa shape index (κ2) is 5.02. The molecule has 22 heavy (non-hydrogen) atoms. The van der Waals surface area contributed by atoms with Gasteiger partial charge in [-0.15, -0.1) is 0 Å². The third kappa shape index (κ3) is 2.14. The summed E-state index contributed by atoms with van der Waals surface area (Å²) in [6.07, 6.45) is 0. The van der Waals surface area contributed by atoms with Gasteiger partial charge >= 0.3 is 5.97 Å². The first-order valence-electron chi connectivity index (χ1n) is 7.15. The number of hydrogen-bond donors (Lipinski definition) is 1. The standard InChI is InChI=1S/C16H23O5P/c1-15(2,3)22(19)12-10(20-6)8-7-9-11(12)21-14(22)16(4,5)13(17)18/h7-9,14H,1-6H3,(H,17,18)/t14-,22+/m0/s1. The first-order valence-corrected chi connectivity index (χ1v) is 8.93. The lowest BCUT2D eigenvalue weighted by Crippen LogP contribution is -2.43. The Balaban J connectivity index is 2.78. The fourth-order valence-electron chi connectivity index (χ4n) is 2.80. The van der Waals surface area contributed by atoms with Crippen LogP contribution in [0.4, 0.5) is 0 Å². The van der Waals surface area contributed by atoms with Crippen LogP contribution in [-0.2, 0) is 9.36 Å². The molecule has 0 saturated carbocycles. The van der Waals surface area contributed by atoms with Crippen molar-refractivity contribution in [3.05, 3.63) is 18.2 Å². The molecular weight excluding hydrogens is 303 g/mol. The van der Waals surface area contributed by atoms with E-state index < -0.39 is 29.5 Å². The Bertz CT molecular complexity index is 657. The van der Waals surface area contributed by atoms with Crippen molar-refractivity contribution in [1.82, 2.24) is 0 Å². The molecule has 0 spiro atoms. The highest BCUT2D eigenvalue weighted by Gasteiger charge is 2.61. The number of aliphatic carboxylic acids is 1. The zero-order valence-electron chi connectivity index (χ0n) is 13.8. The largest absolute Gasteiger partial charge is 0.496 e. The van der Waals surface area contributed by atoms with Crippen molar-refractivity contribution in [3.63, 3.8) is 0 Å². The monoisotopic (exact) mass is 326 g/mol. The quantitative estimate of drug-likeness (QED) is 0.863. The first kappa shape index (κ1) is 16.9. The highest BCUT2D eigenvalue weighted by molar-refractivity contribution is 7.74. The molecule has 0 radical (unpaired) electrons. The van der Waals surface area contributed by atoms with Gasteiger partial charge in [-0.25, -0.2) is 0 Å². The van der Waals surface area contributed by atoms with Crippen molar-refractivity contribution in [3.8, 4) is 11.5 Å². The van der Waals surface area contributed by atoms with Crippen LogP contribution < -0.4 is 14.8 Å². The number of ether oxygens (including phenoxy) is 2. The summed E-state index contributed by atoms with van der Waals surface area (Å²) in [5.41, 5.74) is -1.28. The van der Waals surface area contributed by atoms with E-state index >= 15 is 0 Å². The van der Waals surface area contributed by atoms with Crippen LogP contribution >= 0.6 is 7.14 Å². The molecule has 0 unspecified atom stereocenters. The molecule has 0 bridgehead atoms. The van der Waals surface area contributed by atoms with Crippen LogP contribution in [0.25, 0.3) is 0 Å². The minimum absolute atomic E-state index is 0.455. The number of rotatable bonds is 3. The van der Waals surface area contributed by atoms with Gasteiger partial charge in [-0.1, -0.05) is 26.8 Å². The van der Waals surface area contributed by atoms with Crippen LogP contribution in [0.5, 0.6) is 11.5 Å². The molecule has 6 heteroatoms. The second-order valence-electron chi connectivity index (χ2n) is 7.13. The molecular formula is C16H23O5P. The average Bonchev–Trinajstić information content (AvgIpc) is 2.73. The Labute approximate surface area is 131 Å². The minimum atomic E-state index is -3.21. The maximum atomic E-state index is 14.1. The molecule has 5 nitrogen and oxygen atoms in total. The maximum Gasteiger partial charge on any atom is 0.313 e. The Morgan fingerprint density at radius 3 is 2.32 bits per heavy atom. The van der Waals surface area contributed by atoms with Gasteiger partial charge in [0.2, 0.25) is 0 Å². The van der Waals surface area contributed by atoms with E-state index in [1.165, 1.54) is 7.11 Å². The first-order chi connectivity index (χ1) is 9.97. The summed E-state index contributed by atoms with van der Waals surface area (Å²) in [6, 6.07) is 5.20. The normalized spacial score (nSPS) is 24.5. The number of carbonyl (C=O) groups is 1. The predicted octanol–water partition coefficient (Wildman–Crippen LogP) is 3.31. The van der Waals surface area contributed by atoms with Crippen molar-refractivity contribution in [2.24, 2.45) is 5.41 Å². The second-order valence-corrected chi connectivity index (χ2v) is 10.7. The van der Waals surface area contributed by atoms with E-state index in [1.807, 2.05) is 20.8 Å². The van der Waals surface area contributed by atoms with E-state index in [-0.39, 0.29) is 0 Å². The zero-order valence-corrected chi connectivity index (χ0v) is 14.7. The van der Waals surface area contributed by atoms with Crippen LogP contribution in [0.15, 0.2) is 18.2 Å². The lowest BCUT2D eigenvalue weighted by Gasteiger charge is -2.37. The summed E-state index contributed by atoms with van der Waals surface area (Å²) < 4.78 is 25.3. The van der Waals surface area contributed by atoms with Gasteiger partial charge in [-0.05, 0) is 26.0 Å². The van der Waals surface area contributed by atoms with Gasteiger partial charge in [-0.3, -0.25) is 4.79 Å². The Kier molecular flexibility index (Phi) is 3.85. The van der Waals surface area contributed by atoms with Crippen molar-refractivity contribution in [2.75, 3.05) is 7.11 Å². The predicted molar refractivity (Wildman–Crippen MR) is 85.8 cm³/mol. The minimum Gasteiger partial charge on any atom is -0.496 e. The van der Waals surface area contributed by atoms with Gasteiger partial charge in [0.05, 0.1) is 12.4 Å². The van der Waals surface area contributed by atoms with E-state index in [0.717, 1.165) is 0 Å². The van der Waals surface area contributed by atoms with E-state index in [2.05, 4.69) is 0 Å². The van der Waals surface area contributed by atoms with E-state index in [0.29, 0.717) is 16.8 Å². The number of hydrogen-bond acceptors (Lipinski definition) is 4. The van der Waals surface area contributed by atoms with Crippen LogP contribution in [-0.4, -0.2) is 29.2 Å². The van der Waals surface area contributed by atoms with Gasteiger partial charge < -0.3 is 19.1 Å². The highest BCUT2D eigenvalue weighted by Crippen LogP contribution is 2.70. The van der Waals surface area contributed by atoms with E-state index in [1.54, 1.807) is 32.0 Å². The lowest BCUT2D eigenvalue weighted by molar-refractivity contribution is -0.149. The van der Waals surface area contributed by atoms with Crippen molar-refractivity contribution < 1.29 is 23.9 Å². The third-order valence-electron chi connectivity index (χ3n) is 4.25. The van der Waals surface area contributed by atoms with E-state index in [9.17, 15) is 14.5 Å². The summed E-state index contributed by atoms with van der Waals surface area (Å²) in [5.74, 6) is -1.02. The van der Waals surface area contributed by atoms with Crippen LogP contribution in [0.2, 0.25) is 0 Å². The molecule has 1 aromatic carbocycles. The van der Waals surface area contributed by atoms with Gasteiger partial charge in [0, 0.05) is 5.16 Å². The van der Waals surface area contributed by atoms with Crippen molar-refractivity contribution >= 4 is 18.4 Å². The highest BCUT2D eigenvalue weighted by atomic mass is 31.2. The number of methoxy groups -OCH3 is 1. The summed E-state index contributed by atoms with van der Waals surface area (Å²) in [7, 11) is -1.70. The summed E-state index contributed by atoms with van der Waals surface area (Å²) in [5, 5.41) is 9.44. The summed E-state index contributed by atoms with van der Waals surface area (Å²) >= 11 is 0.